The zero-order chi connectivity index (χ0) is 12.4. The third-order valence-electron chi connectivity index (χ3n) is 3.09. The molecule has 18 heavy (non-hydrogen) atoms. The van der Waals surface area contributed by atoms with Gasteiger partial charge in [0.25, 0.3) is 0 Å². The number of aromatic nitrogens is 3. The van der Waals surface area contributed by atoms with Crippen LogP contribution in [0.15, 0.2) is 43.0 Å². The Labute approximate surface area is 105 Å². The van der Waals surface area contributed by atoms with Crippen molar-refractivity contribution in [2.75, 3.05) is 6.61 Å². The van der Waals surface area contributed by atoms with Gasteiger partial charge >= 0.3 is 0 Å². The van der Waals surface area contributed by atoms with Crippen molar-refractivity contribution in [1.29, 1.82) is 0 Å². The lowest BCUT2D eigenvalue weighted by molar-refractivity contribution is -0.163. The molecule has 1 aromatic carbocycles. The Morgan fingerprint density at radius 1 is 1.39 bits per heavy atom. The van der Waals surface area contributed by atoms with Gasteiger partial charge in [0.15, 0.2) is 5.79 Å². The minimum Gasteiger partial charge on any atom is -0.343 e. The highest BCUT2D eigenvalue weighted by Gasteiger charge is 2.38. The first-order valence-corrected chi connectivity index (χ1v) is 5.96. The molecule has 0 aliphatic carbocycles. The summed E-state index contributed by atoms with van der Waals surface area (Å²) in [7, 11) is 0. The molecule has 1 aliphatic heterocycles. The molecule has 1 saturated heterocycles. The molecule has 2 heterocycles. The molecule has 0 N–H and O–H groups in total. The van der Waals surface area contributed by atoms with E-state index < -0.39 is 5.79 Å². The SMILES string of the molecule is C[C@]1(c2ccccc2)OC[C@H](Cn2cncn2)O1. The maximum Gasteiger partial charge on any atom is 0.192 e. The fourth-order valence-electron chi connectivity index (χ4n) is 2.16. The lowest BCUT2D eigenvalue weighted by Gasteiger charge is -2.23. The Bertz CT molecular complexity index is 500. The van der Waals surface area contributed by atoms with Gasteiger partial charge in [0, 0.05) is 5.56 Å². The van der Waals surface area contributed by atoms with Gasteiger partial charge in [0.05, 0.1) is 13.2 Å². The lowest BCUT2D eigenvalue weighted by Crippen LogP contribution is -2.25. The molecule has 1 aromatic heterocycles. The summed E-state index contributed by atoms with van der Waals surface area (Å²) in [4.78, 5) is 3.91. The van der Waals surface area contributed by atoms with E-state index in [0.717, 1.165) is 5.56 Å². The molecule has 5 nitrogen and oxygen atoms in total. The molecule has 0 saturated carbocycles. The smallest absolute Gasteiger partial charge is 0.192 e. The van der Waals surface area contributed by atoms with Crippen molar-refractivity contribution >= 4 is 0 Å². The number of hydrogen-bond donors (Lipinski definition) is 0. The maximum atomic E-state index is 6.00. The van der Waals surface area contributed by atoms with E-state index >= 15 is 0 Å². The third kappa shape index (κ3) is 2.14. The first-order chi connectivity index (χ1) is 8.76. The molecule has 0 radical (unpaired) electrons. The van der Waals surface area contributed by atoms with Gasteiger partial charge < -0.3 is 9.47 Å². The van der Waals surface area contributed by atoms with Gasteiger partial charge in [-0.3, -0.25) is 4.68 Å². The Kier molecular flexibility index (Phi) is 2.85. The molecule has 0 bridgehead atoms. The zero-order valence-corrected chi connectivity index (χ0v) is 10.2. The highest BCUT2D eigenvalue weighted by atomic mass is 16.7. The average Bonchev–Trinajstić information content (AvgIpc) is 3.02. The second kappa shape index (κ2) is 4.51. The van der Waals surface area contributed by atoms with Crippen molar-refractivity contribution in [2.45, 2.75) is 25.4 Å². The quantitative estimate of drug-likeness (QED) is 0.823. The van der Waals surface area contributed by atoms with E-state index in [-0.39, 0.29) is 6.10 Å². The Balaban J connectivity index is 1.71. The molecule has 5 heteroatoms. The Hall–Kier alpha value is -1.72. The summed E-state index contributed by atoms with van der Waals surface area (Å²) in [5.74, 6) is -0.660. The molecule has 3 rings (SSSR count). The van der Waals surface area contributed by atoms with Crippen LogP contribution in [-0.2, 0) is 21.8 Å². The van der Waals surface area contributed by atoms with Crippen LogP contribution in [0.2, 0.25) is 0 Å². The van der Waals surface area contributed by atoms with Crippen LogP contribution in [0, 0.1) is 0 Å². The van der Waals surface area contributed by atoms with Crippen LogP contribution in [0.3, 0.4) is 0 Å². The molecule has 1 fully saturated rings. The molecule has 0 unspecified atom stereocenters. The summed E-state index contributed by atoms with van der Waals surface area (Å²) in [6, 6.07) is 9.97. The van der Waals surface area contributed by atoms with Crippen molar-refractivity contribution in [2.24, 2.45) is 0 Å². The number of hydrogen-bond acceptors (Lipinski definition) is 4. The predicted molar refractivity (Wildman–Crippen MR) is 64.6 cm³/mol. The molecule has 94 valence electrons. The average molecular weight is 245 g/mol. The van der Waals surface area contributed by atoms with Crippen LogP contribution in [0.5, 0.6) is 0 Å². The van der Waals surface area contributed by atoms with Crippen LogP contribution < -0.4 is 0 Å². The fraction of sp³-hybridized carbons (Fsp3) is 0.385. The third-order valence-corrected chi connectivity index (χ3v) is 3.09. The van der Waals surface area contributed by atoms with Crippen LogP contribution in [0.1, 0.15) is 12.5 Å². The Morgan fingerprint density at radius 2 is 2.22 bits per heavy atom. The number of nitrogens with zero attached hydrogens (tertiary/aromatic N) is 3. The van der Waals surface area contributed by atoms with Gasteiger partial charge in [-0.2, -0.15) is 5.10 Å². The summed E-state index contributed by atoms with van der Waals surface area (Å²) >= 11 is 0. The topological polar surface area (TPSA) is 49.2 Å². The van der Waals surface area contributed by atoms with Crippen LogP contribution >= 0.6 is 0 Å². The van der Waals surface area contributed by atoms with E-state index in [2.05, 4.69) is 10.1 Å². The summed E-state index contributed by atoms with van der Waals surface area (Å²) in [5.41, 5.74) is 1.03. The summed E-state index contributed by atoms with van der Waals surface area (Å²) < 4.78 is 13.6. The number of ether oxygens (including phenoxy) is 2. The molecular formula is C13H15N3O2. The standard InChI is InChI=1S/C13H15N3O2/c1-13(11-5-3-2-4-6-11)17-8-12(18-13)7-16-10-14-9-15-16/h2-6,9-10,12H,7-8H2,1H3/t12-,13-/m0/s1. The van der Waals surface area contributed by atoms with Crippen molar-refractivity contribution in [3.63, 3.8) is 0 Å². The monoisotopic (exact) mass is 245 g/mol. The van der Waals surface area contributed by atoms with Crippen LogP contribution in [-0.4, -0.2) is 27.5 Å². The maximum absolute atomic E-state index is 6.00. The summed E-state index contributed by atoms with van der Waals surface area (Å²) in [6.07, 6.45) is 3.20. The van der Waals surface area contributed by atoms with Gasteiger partial charge in [0.1, 0.15) is 18.8 Å². The highest BCUT2D eigenvalue weighted by molar-refractivity contribution is 5.20. The van der Waals surface area contributed by atoms with Crippen LogP contribution in [0.4, 0.5) is 0 Å². The van der Waals surface area contributed by atoms with Crippen molar-refractivity contribution in [3.05, 3.63) is 48.5 Å². The highest BCUT2D eigenvalue weighted by Crippen LogP contribution is 2.33. The lowest BCUT2D eigenvalue weighted by atomic mass is 10.1. The van der Waals surface area contributed by atoms with E-state index in [0.29, 0.717) is 13.2 Å². The summed E-state index contributed by atoms with van der Waals surface area (Å²) in [5, 5.41) is 4.07. The molecule has 2 aromatic rings. The Morgan fingerprint density at radius 3 is 2.94 bits per heavy atom. The van der Waals surface area contributed by atoms with Crippen molar-refractivity contribution in [3.8, 4) is 0 Å². The minimum absolute atomic E-state index is 0.00286. The minimum atomic E-state index is -0.660. The molecule has 0 spiro atoms. The fourth-order valence-corrected chi connectivity index (χ4v) is 2.16. The van der Waals surface area contributed by atoms with E-state index in [4.69, 9.17) is 9.47 Å². The molecular weight excluding hydrogens is 230 g/mol. The molecule has 2 atom stereocenters. The van der Waals surface area contributed by atoms with Gasteiger partial charge in [-0.15, -0.1) is 0 Å². The van der Waals surface area contributed by atoms with Gasteiger partial charge in [-0.1, -0.05) is 30.3 Å². The first-order valence-electron chi connectivity index (χ1n) is 5.96. The zero-order valence-electron chi connectivity index (χ0n) is 10.2. The van der Waals surface area contributed by atoms with Gasteiger partial charge in [0.2, 0.25) is 0 Å². The summed E-state index contributed by atoms with van der Waals surface area (Å²) in [6.45, 7) is 3.16. The van der Waals surface area contributed by atoms with Gasteiger partial charge in [-0.05, 0) is 6.92 Å². The van der Waals surface area contributed by atoms with E-state index in [9.17, 15) is 0 Å². The normalized spacial score (nSPS) is 27.5. The van der Waals surface area contributed by atoms with Crippen molar-refractivity contribution in [1.82, 2.24) is 14.8 Å². The second-order valence-electron chi connectivity index (χ2n) is 4.48. The largest absolute Gasteiger partial charge is 0.343 e. The van der Waals surface area contributed by atoms with Crippen molar-refractivity contribution < 1.29 is 9.47 Å². The second-order valence-corrected chi connectivity index (χ2v) is 4.48. The molecule has 1 aliphatic rings. The number of rotatable bonds is 3. The first kappa shape index (κ1) is 11.4. The van der Waals surface area contributed by atoms with E-state index in [1.54, 1.807) is 11.0 Å². The van der Waals surface area contributed by atoms with E-state index in [1.807, 2.05) is 37.3 Å². The van der Waals surface area contributed by atoms with E-state index in [1.165, 1.54) is 6.33 Å². The predicted octanol–water partition coefficient (Wildman–Crippen LogP) is 1.57. The van der Waals surface area contributed by atoms with Gasteiger partial charge in [-0.25, -0.2) is 4.98 Å². The molecule has 0 amide bonds. The number of benzene rings is 1. The van der Waals surface area contributed by atoms with Crippen LogP contribution in [0.25, 0.3) is 0 Å².